The number of nitrogens with one attached hydrogen (secondary N) is 1. The maximum absolute atomic E-state index is 10.5. The van der Waals surface area contributed by atoms with E-state index in [1.165, 1.54) is 12.0 Å². The minimum atomic E-state index is -0.499. The number of aliphatic hydroxyl groups is 1. The third-order valence-electron chi connectivity index (χ3n) is 4.16. The summed E-state index contributed by atoms with van der Waals surface area (Å²) in [6.45, 7) is 7.34. The van der Waals surface area contributed by atoms with Gasteiger partial charge in [-0.15, -0.1) is 0 Å². The van der Waals surface area contributed by atoms with Crippen LogP contribution in [-0.4, -0.2) is 17.3 Å². The lowest BCUT2D eigenvalue weighted by atomic mass is 9.84. The van der Waals surface area contributed by atoms with E-state index in [0.717, 1.165) is 31.4 Å². The van der Waals surface area contributed by atoms with Gasteiger partial charge in [-0.05, 0) is 36.0 Å². The largest absolute Gasteiger partial charge is 0.388 e. The minimum Gasteiger partial charge on any atom is -0.388 e. The van der Waals surface area contributed by atoms with E-state index in [4.69, 9.17) is 0 Å². The SMILES string of the molecule is CC(C)(C)c1ccc(NCC2(O)CCCCC2)cc1. The summed E-state index contributed by atoms with van der Waals surface area (Å²) in [6.07, 6.45) is 5.44. The van der Waals surface area contributed by atoms with Crippen molar-refractivity contribution in [3.05, 3.63) is 29.8 Å². The Balaban J connectivity index is 1.93. The Morgan fingerprint density at radius 2 is 1.63 bits per heavy atom. The zero-order chi connectivity index (χ0) is 13.9. The summed E-state index contributed by atoms with van der Waals surface area (Å²) in [5.41, 5.74) is 2.14. The fourth-order valence-electron chi connectivity index (χ4n) is 2.74. The maximum atomic E-state index is 10.5. The summed E-state index contributed by atoms with van der Waals surface area (Å²) in [7, 11) is 0. The fraction of sp³-hybridized carbons (Fsp3) is 0.647. The number of benzene rings is 1. The van der Waals surface area contributed by atoms with Crippen molar-refractivity contribution in [3.63, 3.8) is 0 Å². The quantitative estimate of drug-likeness (QED) is 0.859. The molecule has 0 radical (unpaired) electrons. The highest BCUT2D eigenvalue weighted by molar-refractivity contribution is 5.46. The third kappa shape index (κ3) is 3.97. The predicted octanol–water partition coefficient (Wildman–Crippen LogP) is 4.09. The molecule has 1 aliphatic rings. The van der Waals surface area contributed by atoms with E-state index in [1.54, 1.807) is 0 Å². The molecule has 106 valence electrons. The standard InChI is InChI=1S/C17H27NO/c1-16(2,3)14-7-9-15(10-8-14)18-13-17(19)11-5-4-6-12-17/h7-10,18-19H,4-6,11-13H2,1-3H3. The first-order valence-electron chi connectivity index (χ1n) is 7.46. The van der Waals surface area contributed by atoms with Crippen LogP contribution in [0.2, 0.25) is 0 Å². The van der Waals surface area contributed by atoms with E-state index in [1.807, 2.05) is 0 Å². The monoisotopic (exact) mass is 261 g/mol. The molecule has 1 saturated carbocycles. The molecule has 19 heavy (non-hydrogen) atoms. The number of anilines is 1. The topological polar surface area (TPSA) is 32.3 Å². The Morgan fingerprint density at radius 1 is 1.05 bits per heavy atom. The first-order chi connectivity index (χ1) is 8.89. The van der Waals surface area contributed by atoms with Gasteiger partial charge in [0.15, 0.2) is 0 Å². The zero-order valence-electron chi connectivity index (χ0n) is 12.5. The van der Waals surface area contributed by atoms with Crippen molar-refractivity contribution >= 4 is 5.69 Å². The second kappa shape index (κ2) is 5.54. The summed E-state index contributed by atoms with van der Waals surface area (Å²) in [5, 5.41) is 13.8. The van der Waals surface area contributed by atoms with Crippen molar-refractivity contribution in [2.75, 3.05) is 11.9 Å². The normalized spacial score (nSPS) is 19.2. The Labute approximate surface area is 117 Å². The van der Waals surface area contributed by atoms with E-state index >= 15 is 0 Å². The molecule has 1 aromatic rings. The molecule has 2 N–H and O–H groups in total. The molecule has 2 nitrogen and oxygen atoms in total. The van der Waals surface area contributed by atoms with Crippen LogP contribution in [-0.2, 0) is 5.41 Å². The highest BCUT2D eigenvalue weighted by atomic mass is 16.3. The lowest BCUT2D eigenvalue weighted by Gasteiger charge is -2.32. The van der Waals surface area contributed by atoms with Gasteiger partial charge in [-0.1, -0.05) is 52.2 Å². The minimum absolute atomic E-state index is 0.195. The second-order valence-electron chi connectivity index (χ2n) is 6.97. The van der Waals surface area contributed by atoms with E-state index in [-0.39, 0.29) is 5.41 Å². The van der Waals surface area contributed by atoms with Crippen LogP contribution in [0.3, 0.4) is 0 Å². The molecule has 0 saturated heterocycles. The average molecular weight is 261 g/mol. The molecule has 2 rings (SSSR count). The Bertz CT molecular complexity index is 396. The third-order valence-corrected chi connectivity index (χ3v) is 4.16. The highest BCUT2D eigenvalue weighted by Gasteiger charge is 2.28. The van der Waals surface area contributed by atoms with Crippen LogP contribution >= 0.6 is 0 Å². The molecule has 0 spiro atoms. The van der Waals surface area contributed by atoms with Crippen LogP contribution in [0.4, 0.5) is 5.69 Å². The van der Waals surface area contributed by atoms with Crippen molar-refractivity contribution < 1.29 is 5.11 Å². The molecule has 0 amide bonds. The van der Waals surface area contributed by atoms with Gasteiger partial charge < -0.3 is 10.4 Å². The van der Waals surface area contributed by atoms with Crippen LogP contribution in [0.15, 0.2) is 24.3 Å². The Hall–Kier alpha value is -1.02. The van der Waals surface area contributed by atoms with Crippen molar-refractivity contribution in [1.29, 1.82) is 0 Å². The number of hydrogen-bond donors (Lipinski definition) is 2. The first kappa shape index (κ1) is 14.4. The van der Waals surface area contributed by atoms with Crippen LogP contribution in [0.5, 0.6) is 0 Å². The molecule has 0 aromatic heterocycles. The van der Waals surface area contributed by atoms with Gasteiger partial charge in [0.2, 0.25) is 0 Å². The molecule has 0 aliphatic heterocycles. The predicted molar refractivity (Wildman–Crippen MR) is 81.7 cm³/mol. The smallest absolute Gasteiger partial charge is 0.0819 e. The van der Waals surface area contributed by atoms with Crippen LogP contribution in [0, 0.1) is 0 Å². The van der Waals surface area contributed by atoms with Gasteiger partial charge in [0.1, 0.15) is 0 Å². The van der Waals surface area contributed by atoms with Crippen molar-refractivity contribution in [2.24, 2.45) is 0 Å². The van der Waals surface area contributed by atoms with Crippen LogP contribution < -0.4 is 5.32 Å². The van der Waals surface area contributed by atoms with Gasteiger partial charge in [-0.3, -0.25) is 0 Å². The van der Waals surface area contributed by atoms with Crippen molar-refractivity contribution in [3.8, 4) is 0 Å². The highest BCUT2D eigenvalue weighted by Crippen LogP contribution is 2.29. The van der Waals surface area contributed by atoms with Gasteiger partial charge in [-0.2, -0.15) is 0 Å². The molecule has 1 fully saturated rings. The van der Waals surface area contributed by atoms with Crippen molar-refractivity contribution in [2.45, 2.75) is 63.9 Å². The summed E-state index contributed by atoms with van der Waals surface area (Å²) in [6, 6.07) is 8.58. The number of hydrogen-bond acceptors (Lipinski definition) is 2. The molecular weight excluding hydrogens is 234 g/mol. The lowest BCUT2D eigenvalue weighted by molar-refractivity contribution is 0.0167. The molecule has 0 bridgehead atoms. The Morgan fingerprint density at radius 3 is 2.16 bits per heavy atom. The second-order valence-corrected chi connectivity index (χ2v) is 6.97. The lowest BCUT2D eigenvalue weighted by Crippen LogP contribution is -2.38. The molecule has 0 unspecified atom stereocenters. The first-order valence-corrected chi connectivity index (χ1v) is 7.46. The fourth-order valence-corrected chi connectivity index (χ4v) is 2.74. The van der Waals surface area contributed by atoms with Gasteiger partial charge in [-0.25, -0.2) is 0 Å². The van der Waals surface area contributed by atoms with Gasteiger partial charge in [0.05, 0.1) is 5.60 Å². The molecule has 0 atom stereocenters. The molecular formula is C17H27NO. The maximum Gasteiger partial charge on any atom is 0.0819 e. The zero-order valence-corrected chi connectivity index (χ0v) is 12.5. The van der Waals surface area contributed by atoms with Crippen molar-refractivity contribution in [1.82, 2.24) is 0 Å². The van der Waals surface area contributed by atoms with Gasteiger partial charge in [0.25, 0.3) is 0 Å². The van der Waals surface area contributed by atoms with E-state index < -0.39 is 5.60 Å². The van der Waals surface area contributed by atoms with Crippen LogP contribution in [0.1, 0.15) is 58.4 Å². The molecule has 2 heteroatoms. The summed E-state index contributed by atoms with van der Waals surface area (Å²) in [5.74, 6) is 0. The van der Waals surface area contributed by atoms with E-state index in [0.29, 0.717) is 6.54 Å². The number of rotatable bonds is 3. The summed E-state index contributed by atoms with van der Waals surface area (Å²) in [4.78, 5) is 0. The van der Waals surface area contributed by atoms with Gasteiger partial charge >= 0.3 is 0 Å². The molecule has 0 heterocycles. The van der Waals surface area contributed by atoms with Crippen LogP contribution in [0.25, 0.3) is 0 Å². The van der Waals surface area contributed by atoms with E-state index in [9.17, 15) is 5.11 Å². The molecule has 1 aliphatic carbocycles. The van der Waals surface area contributed by atoms with E-state index in [2.05, 4.69) is 50.4 Å². The summed E-state index contributed by atoms with van der Waals surface area (Å²) < 4.78 is 0. The Kier molecular flexibility index (Phi) is 4.19. The van der Waals surface area contributed by atoms with Gasteiger partial charge in [0, 0.05) is 12.2 Å². The average Bonchev–Trinajstić information content (AvgIpc) is 2.37. The summed E-state index contributed by atoms with van der Waals surface area (Å²) >= 11 is 0. The molecule has 1 aromatic carbocycles.